The predicted molar refractivity (Wildman–Crippen MR) is 79.8 cm³/mol. The number of methoxy groups -OCH3 is 2. The summed E-state index contributed by atoms with van der Waals surface area (Å²) >= 11 is 5.08. The molecule has 104 valence electrons. The normalized spacial score (nSPS) is 9.70. The summed E-state index contributed by atoms with van der Waals surface area (Å²) in [6.07, 6.45) is 0. The van der Waals surface area contributed by atoms with Crippen LogP contribution in [0.25, 0.3) is 0 Å². The summed E-state index contributed by atoms with van der Waals surface area (Å²) < 4.78 is 21.3. The van der Waals surface area contributed by atoms with Gasteiger partial charge < -0.3 is 18.9 Å². The number of benzene rings is 2. The van der Waals surface area contributed by atoms with E-state index in [0.717, 1.165) is 0 Å². The summed E-state index contributed by atoms with van der Waals surface area (Å²) in [4.78, 5) is 0. The van der Waals surface area contributed by atoms with E-state index in [1.165, 1.54) is 0 Å². The van der Waals surface area contributed by atoms with Crippen LogP contribution in [0, 0.1) is 0 Å². The molecular formula is C15H14O4S. The molecule has 2 rings (SSSR count). The van der Waals surface area contributed by atoms with Gasteiger partial charge in [0.15, 0.2) is 23.0 Å². The number of ether oxygens (including phenoxy) is 4. The molecule has 0 aromatic heterocycles. The standard InChI is InChI=1S/C15H14O4S/c1-16-11-7-3-5-9-13(11)18-15(20)19-14-10-6-4-8-12(14)17-2/h3-10H,1-2H3. The van der Waals surface area contributed by atoms with Crippen molar-refractivity contribution in [1.29, 1.82) is 0 Å². The van der Waals surface area contributed by atoms with Crippen molar-refractivity contribution in [3.05, 3.63) is 48.5 Å². The molecule has 4 nitrogen and oxygen atoms in total. The first kappa shape index (κ1) is 14.1. The minimum absolute atomic E-state index is 0.0287. The maximum atomic E-state index is 5.47. The summed E-state index contributed by atoms with van der Waals surface area (Å²) in [6.45, 7) is 0. The molecular weight excluding hydrogens is 276 g/mol. The second-order valence-corrected chi connectivity index (χ2v) is 4.09. The van der Waals surface area contributed by atoms with Gasteiger partial charge >= 0.3 is 5.24 Å². The van der Waals surface area contributed by atoms with Crippen molar-refractivity contribution in [3.8, 4) is 23.0 Å². The van der Waals surface area contributed by atoms with Gasteiger partial charge in [-0.1, -0.05) is 24.3 Å². The number of hydrogen-bond donors (Lipinski definition) is 0. The second kappa shape index (κ2) is 6.77. The SMILES string of the molecule is COc1ccccc1OC(=S)Oc1ccccc1OC. The topological polar surface area (TPSA) is 36.9 Å². The minimum atomic E-state index is -0.0287. The Hall–Kier alpha value is -2.27. The molecule has 0 fully saturated rings. The summed E-state index contributed by atoms with van der Waals surface area (Å²) in [7, 11) is 3.12. The van der Waals surface area contributed by atoms with Gasteiger partial charge in [-0.3, -0.25) is 0 Å². The van der Waals surface area contributed by atoms with Crippen LogP contribution in [0.2, 0.25) is 0 Å². The lowest BCUT2D eigenvalue weighted by Crippen LogP contribution is -2.14. The van der Waals surface area contributed by atoms with Crippen LogP contribution in [-0.2, 0) is 0 Å². The van der Waals surface area contributed by atoms with Crippen LogP contribution in [0.1, 0.15) is 0 Å². The Labute approximate surface area is 122 Å². The molecule has 0 aliphatic rings. The molecule has 5 heteroatoms. The van der Waals surface area contributed by atoms with Crippen molar-refractivity contribution >= 4 is 17.5 Å². The average molecular weight is 290 g/mol. The average Bonchev–Trinajstić information content (AvgIpc) is 2.48. The van der Waals surface area contributed by atoms with Crippen molar-refractivity contribution < 1.29 is 18.9 Å². The fraction of sp³-hybridized carbons (Fsp3) is 0.133. The Bertz CT molecular complexity index is 546. The molecule has 0 atom stereocenters. The Morgan fingerprint density at radius 1 is 0.700 bits per heavy atom. The molecule has 0 unspecified atom stereocenters. The first-order valence-corrected chi connectivity index (χ1v) is 6.31. The summed E-state index contributed by atoms with van der Waals surface area (Å²) in [5.41, 5.74) is 0. The molecule has 0 bridgehead atoms. The van der Waals surface area contributed by atoms with Gasteiger partial charge in [-0.2, -0.15) is 0 Å². The second-order valence-electron chi connectivity index (χ2n) is 3.76. The Morgan fingerprint density at radius 2 is 1.05 bits per heavy atom. The minimum Gasteiger partial charge on any atom is -0.493 e. The highest BCUT2D eigenvalue weighted by atomic mass is 32.1. The van der Waals surface area contributed by atoms with E-state index in [1.807, 2.05) is 24.3 Å². The van der Waals surface area contributed by atoms with Crippen molar-refractivity contribution in [2.24, 2.45) is 0 Å². The van der Waals surface area contributed by atoms with E-state index < -0.39 is 0 Å². The highest BCUT2D eigenvalue weighted by Crippen LogP contribution is 2.29. The van der Waals surface area contributed by atoms with E-state index in [4.69, 9.17) is 31.2 Å². The quantitative estimate of drug-likeness (QED) is 0.806. The zero-order valence-electron chi connectivity index (χ0n) is 11.2. The first-order chi connectivity index (χ1) is 9.74. The van der Waals surface area contributed by atoms with Crippen molar-refractivity contribution in [1.82, 2.24) is 0 Å². The van der Waals surface area contributed by atoms with Gasteiger partial charge in [0.25, 0.3) is 0 Å². The highest BCUT2D eigenvalue weighted by Gasteiger charge is 2.10. The molecule has 0 amide bonds. The van der Waals surface area contributed by atoms with Gasteiger partial charge in [0.1, 0.15) is 0 Å². The predicted octanol–water partition coefficient (Wildman–Crippen LogP) is 3.45. The van der Waals surface area contributed by atoms with E-state index in [1.54, 1.807) is 38.5 Å². The molecule has 0 radical (unpaired) electrons. The molecule has 20 heavy (non-hydrogen) atoms. The zero-order valence-corrected chi connectivity index (χ0v) is 12.0. The van der Waals surface area contributed by atoms with E-state index in [-0.39, 0.29) is 5.24 Å². The van der Waals surface area contributed by atoms with Gasteiger partial charge in [0, 0.05) is 12.2 Å². The number of para-hydroxylation sites is 4. The number of hydrogen-bond acceptors (Lipinski definition) is 5. The van der Waals surface area contributed by atoms with Crippen LogP contribution in [-0.4, -0.2) is 19.5 Å². The van der Waals surface area contributed by atoms with Crippen molar-refractivity contribution in [3.63, 3.8) is 0 Å². The fourth-order valence-electron chi connectivity index (χ4n) is 1.61. The summed E-state index contributed by atoms with van der Waals surface area (Å²) in [5, 5.41) is -0.0287. The lowest BCUT2D eigenvalue weighted by molar-refractivity contribution is 0.347. The van der Waals surface area contributed by atoms with E-state index >= 15 is 0 Å². The van der Waals surface area contributed by atoms with Crippen LogP contribution < -0.4 is 18.9 Å². The summed E-state index contributed by atoms with van der Waals surface area (Å²) in [6, 6.07) is 14.4. The lowest BCUT2D eigenvalue weighted by Gasteiger charge is -2.12. The van der Waals surface area contributed by atoms with Crippen molar-refractivity contribution in [2.45, 2.75) is 0 Å². The van der Waals surface area contributed by atoms with Gasteiger partial charge in [-0.05, 0) is 24.3 Å². The Kier molecular flexibility index (Phi) is 4.79. The third kappa shape index (κ3) is 3.39. The van der Waals surface area contributed by atoms with Gasteiger partial charge in [0.2, 0.25) is 0 Å². The molecule has 0 aliphatic carbocycles. The smallest absolute Gasteiger partial charge is 0.363 e. The van der Waals surface area contributed by atoms with Gasteiger partial charge in [-0.25, -0.2) is 0 Å². The lowest BCUT2D eigenvalue weighted by atomic mass is 10.3. The van der Waals surface area contributed by atoms with Crippen LogP contribution in [0.3, 0.4) is 0 Å². The number of thiocarbonyl (C=S) groups is 1. The van der Waals surface area contributed by atoms with Crippen molar-refractivity contribution in [2.75, 3.05) is 14.2 Å². The molecule has 0 saturated heterocycles. The maximum absolute atomic E-state index is 5.47. The molecule has 2 aromatic rings. The third-order valence-electron chi connectivity index (χ3n) is 2.52. The van der Waals surface area contributed by atoms with Gasteiger partial charge in [-0.15, -0.1) is 0 Å². The van der Waals surface area contributed by atoms with Gasteiger partial charge in [0.05, 0.1) is 14.2 Å². The molecule has 2 aromatic carbocycles. The van der Waals surface area contributed by atoms with Crippen LogP contribution in [0.5, 0.6) is 23.0 Å². The highest BCUT2D eigenvalue weighted by molar-refractivity contribution is 7.79. The van der Waals surface area contributed by atoms with Crippen LogP contribution >= 0.6 is 12.2 Å². The van der Waals surface area contributed by atoms with E-state index in [9.17, 15) is 0 Å². The Morgan fingerprint density at radius 3 is 1.40 bits per heavy atom. The Balaban J connectivity index is 2.09. The molecule has 0 saturated carbocycles. The summed E-state index contributed by atoms with van der Waals surface area (Å²) in [5.74, 6) is 2.15. The van der Waals surface area contributed by atoms with E-state index in [0.29, 0.717) is 23.0 Å². The van der Waals surface area contributed by atoms with Crippen LogP contribution in [0.15, 0.2) is 48.5 Å². The monoisotopic (exact) mass is 290 g/mol. The fourth-order valence-corrected chi connectivity index (χ4v) is 1.79. The molecule has 0 spiro atoms. The van der Waals surface area contributed by atoms with Crippen LogP contribution in [0.4, 0.5) is 0 Å². The first-order valence-electron chi connectivity index (χ1n) is 5.90. The molecule has 0 N–H and O–H groups in total. The number of rotatable bonds is 4. The molecule has 0 aliphatic heterocycles. The molecule has 0 heterocycles. The van der Waals surface area contributed by atoms with E-state index in [2.05, 4.69) is 0 Å². The maximum Gasteiger partial charge on any atom is 0.363 e. The largest absolute Gasteiger partial charge is 0.493 e. The zero-order chi connectivity index (χ0) is 14.4. The third-order valence-corrected chi connectivity index (χ3v) is 2.69.